The van der Waals surface area contributed by atoms with Crippen LogP contribution >= 0.6 is 0 Å². The third-order valence-electron chi connectivity index (χ3n) is 4.58. The minimum absolute atomic E-state index is 0.0754. The lowest BCUT2D eigenvalue weighted by Crippen LogP contribution is -2.24. The zero-order valence-corrected chi connectivity index (χ0v) is 14.7. The van der Waals surface area contributed by atoms with Crippen LogP contribution in [0.4, 0.5) is 4.39 Å². The molecule has 4 aromatic rings. The molecular weight excluding hydrogens is 345 g/mol. The van der Waals surface area contributed by atoms with Crippen LogP contribution in [0.25, 0.3) is 16.8 Å². The number of rotatable bonds is 4. The summed E-state index contributed by atoms with van der Waals surface area (Å²) in [6.07, 6.45) is 2.37. The molecular formula is C21H18FN3O2. The minimum Gasteiger partial charge on any atom is -0.387 e. The minimum atomic E-state index is -0.912. The molecule has 0 saturated carbocycles. The van der Waals surface area contributed by atoms with Crippen LogP contribution in [0, 0.1) is 12.7 Å². The van der Waals surface area contributed by atoms with Crippen LogP contribution in [0.1, 0.15) is 17.2 Å². The monoisotopic (exact) mass is 363 g/mol. The summed E-state index contributed by atoms with van der Waals surface area (Å²) in [4.78, 5) is 12.8. The summed E-state index contributed by atoms with van der Waals surface area (Å²) in [7, 11) is 0. The van der Waals surface area contributed by atoms with Gasteiger partial charge in [0.2, 0.25) is 0 Å². The third kappa shape index (κ3) is 3.39. The van der Waals surface area contributed by atoms with E-state index >= 15 is 0 Å². The molecule has 1 N–H and O–H groups in total. The van der Waals surface area contributed by atoms with Gasteiger partial charge in [-0.05, 0) is 30.7 Å². The Morgan fingerprint density at radius 2 is 1.78 bits per heavy atom. The quantitative estimate of drug-likeness (QED) is 0.605. The Balaban J connectivity index is 1.66. The van der Waals surface area contributed by atoms with E-state index in [-0.39, 0.29) is 17.9 Å². The number of nitrogens with zero attached hydrogens (tertiary/aromatic N) is 3. The molecule has 1 atom stereocenters. The van der Waals surface area contributed by atoms with Gasteiger partial charge in [0.15, 0.2) is 0 Å². The Morgan fingerprint density at radius 1 is 1.07 bits per heavy atom. The van der Waals surface area contributed by atoms with Gasteiger partial charge in [0.25, 0.3) is 5.56 Å². The van der Waals surface area contributed by atoms with Crippen molar-refractivity contribution in [2.45, 2.75) is 19.6 Å². The summed E-state index contributed by atoms with van der Waals surface area (Å²) in [5, 5.41) is 14.8. The van der Waals surface area contributed by atoms with Crippen molar-refractivity contribution in [3.63, 3.8) is 0 Å². The molecule has 6 heteroatoms. The summed E-state index contributed by atoms with van der Waals surface area (Å²) in [5.41, 5.74) is 3.53. The van der Waals surface area contributed by atoms with Crippen LogP contribution in [-0.4, -0.2) is 19.3 Å². The lowest BCUT2D eigenvalue weighted by atomic mass is 10.1. The number of benzene rings is 2. The Kier molecular flexibility index (Phi) is 4.33. The molecule has 0 fully saturated rings. The van der Waals surface area contributed by atoms with Crippen LogP contribution in [0.5, 0.6) is 0 Å². The van der Waals surface area contributed by atoms with Gasteiger partial charge in [0.1, 0.15) is 11.3 Å². The molecule has 27 heavy (non-hydrogen) atoms. The molecule has 5 nitrogen and oxygen atoms in total. The lowest BCUT2D eigenvalue weighted by Gasteiger charge is -2.13. The molecule has 0 amide bonds. The topological polar surface area (TPSA) is 59.5 Å². The van der Waals surface area contributed by atoms with Gasteiger partial charge in [-0.25, -0.2) is 8.91 Å². The van der Waals surface area contributed by atoms with Gasteiger partial charge in [0, 0.05) is 18.0 Å². The van der Waals surface area contributed by atoms with E-state index in [9.17, 15) is 14.3 Å². The second-order valence-corrected chi connectivity index (χ2v) is 6.55. The van der Waals surface area contributed by atoms with E-state index in [4.69, 9.17) is 0 Å². The molecule has 0 aliphatic heterocycles. The number of hydrogen-bond donors (Lipinski definition) is 1. The predicted molar refractivity (Wildman–Crippen MR) is 101 cm³/mol. The van der Waals surface area contributed by atoms with Gasteiger partial charge in [-0.2, -0.15) is 5.10 Å². The van der Waals surface area contributed by atoms with Crippen molar-refractivity contribution >= 4 is 5.52 Å². The van der Waals surface area contributed by atoms with Gasteiger partial charge in [-0.3, -0.25) is 4.79 Å². The molecule has 2 aromatic carbocycles. The van der Waals surface area contributed by atoms with E-state index in [2.05, 4.69) is 5.10 Å². The van der Waals surface area contributed by atoms with E-state index in [1.54, 1.807) is 18.5 Å². The summed E-state index contributed by atoms with van der Waals surface area (Å²) < 4.78 is 16.0. The molecule has 0 aliphatic carbocycles. The summed E-state index contributed by atoms with van der Waals surface area (Å²) in [5.74, 6) is -0.368. The number of aromatic nitrogens is 3. The van der Waals surface area contributed by atoms with E-state index in [1.807, 2.05) is 31.2 Å². The van der Waals surface area contributed by atoms with Crippen molar-refractivity contribution in [3.8, 4) is 11.3 Å². The Morgan fingerprint density at radius 3 is 2.48 bits per heavy atom. The van der Waals surface area contributed by atoms with Crippen LogP contribution in [-0.2, 0) is 6.54 Å². The van der Waals surface area contributed by atoms with Crippen LogP contribution in [0.3, 0.4) is 0 Å². The molecule has 0 bridgehead atoms. The maximum Gasteiger partial charge on any atom is 0.276 e. The highest BCUT2D eigenvalue weighted by Crippen LogP contribution is 2.19. The smallest absolute Gasteiger partial charge is 0.276 e. The zero-order valence-electron chi connectivity index (χ0n) is 14.7. The number of aryl methyl sites for hydroxylation is 1. The number of hydrogen-bond acceptors (Lipinski definition) is 3. The first-order chi connectivity index (χ1) is 13.0. The van der Waals surface area contributed by atoms with Crippen molar-refractivity contribution in [2.24, 2.45) is 0 Å². The molecule has 0 spiro atoms. The summed E-state index contributed by atoms with van der Waals surface area (Å²) in [6, 6.07) is 15.3. The van der Waals surface area contributed by atoms with Crippen LogP contribution in [0.15, 0.2) is 71.8 Å². The average molecular weight is 363 g/mol. The van der Waals surface area contributed by atoms with Crippen molar-refractivity contribution in [1.82, 2.24) is 14.2 Å². The predicted octanol–water partition coefficient (Wildman–Crippen LogP) is 3.34. The highest BCUT2D eigenvalue weighted by atomic mass is 19.1. The van der Waals surface area contributed by atoms with E-state index in [0.717, 1.165) is 11.1 Å². The van der Waals surface area contributed by atoms with Crippen LogP contribution in [0.2, 0.25) is 0 Å². The van der Waals surface area contributed by atoms with Gasteiger partial charge in [-0.1, -0.05) is 42.0 Å². The molecule has 4 rings (SSSR count). The van der Waals surface area contributed by atoms with Crippen molar-refractivity contribution in [2.75, 3.05) is 0 Å². The number of aliphatic hydroxyl groups excluding tert-OH is 1. The summed E-state index contributed by atoms with van der Waals surface area (Å²) >= 11 is 0. The van der Waals surface area contributed by atoms with Crippen LogP contribution < -0.4 is 5.56 Å². The molecule has 2 heterocycles. The first kappa shape index (κ1) is 17.2. The fourth-order valence-corrected chi connectivity index (χ4v) is 3.01. The second-order valence-electron chi connectivity index (χ2n) is 6.55. The van der Waals surface area contributed by atoms with E-state index in [0.29, 0.717) is 16.8 Å². The molecule has 2 aromatic heterocycles. The lowest BCUT2D eigenvalue weighted by molar-refractivity contribution is 0.155. The van der Waals surface area contributed by atoms with Crippen molar-refractivity contribution in [1.29, 1.82) is 0 Å². The van der Waals surface area contributed by atoms with Crippen molar-refractivity contribution < 1.29 is 9.50 Å². The summed E-state index contributed by atoms with van der Waals surface area (Å²) in [6.45, 7) is 2.09. The first-order valence-electron chi connectivity index (χ1n) is 8.61. The number of fused-ring (bicyclic) bond motifs is 1. The molecule has 0 saturated heterocycles. The maximum atomic E-state index is 13.0. The average Bonchev–Trinajstić information content (AvgIpc) is 3.10. The van der Waals surface area contributed by atoms with E-state index < -0.39 is 6.10 Å². The molecule has 1 unspecified atom stereocenters. The van der Waals surface area contributed by atoms with Crippen molar-refractivity contribution in [3.05, 3.63) is 94.3 Å². The normalized spacial score (nSPS) is 12.4. The molecule has 136 valence electrons. The van der Waals surface area contributed by atoms with E-state index in [1.165, 1.54) is 33.3 Å². The second kappa shape index (κ2) is 6.81. The fourth-order valence-electron chi connectivity index (χ4n) is 3.01. The van der Waals surface area contributed by atoms with Gasteiger partial charge in [-0.15, -0.1) is 0 Å². The van der Waals surface area contributed by atoms with Gasteiger partial charge >= 0.3 is 0 Å². The SMILES string of the molecule is Cc1ccc(-c2cc3c(=O)n(CC(O)c4ccc(F)cc4)ccn3n2)cc1. The Bertz CT molecular complexity index is 1140. The highest BCUT2D eigenvalue weighted by Gasteiger charge is 2.13. The Labute approximate surface area is 154 Å². The highest BCUT2D eigenvalue weighted by molar-refractivity contribution is 5.65. The number of halogens is 1. The number of aliphatic hydroxyl groups is 1. The van der Waals surface area contributed by atoms with Gasteiger partial charge < -0.3 is 9.67 Å². The molecule has 0 radical (unpaired) electrons. The first-order valence-corrected chi connectivity index (χ1v) is 8.61. The zero-order chi connectivity index (χ0) is 19.0. The van der Waals surface area contributed by atoms with Gasteiger partial charge in [0.05, 0.1) is 18.3 Å². The standard InChI is InChI=1S/C21H18FN3O2/c1-14-2-4-15(5-3-14)18-12-19-21(27)24(10-11-25(19)23-18)13-20(26)16-6-8-17(22)9-7-16/h2-12,20,26H,13H2,1H3. The Hall–Kier alpha value is -3.25. The third-order valence-corrected chi connectivity index (χ3v) is 4.58. The fraction of sp³-hybridized carbons (Fsp3) is 0.143. The maximum absolute atomic E-state index is 13.0. The largest absolute Gasteiger partial charge is 0.387 e. The molecule has 0 aliphatic rings.